The number of aromatic amines is 1. The lowest BCUT2D eigenvalue weighted by molar-refractivity contribution is 0.231. The normalized spacial score (nSPS) is 13.8. The molecule has 1 fully saturated rings. The van der Waals surface area contributed by atoms with Crippen molar-refractivity contribution in [2.75, 3.05) is 23.8 Å². The first-order chi connectivity index (χ1) is 12.3. The van der Waals surface area contributed by atoms with E-state index in [0.717, 1.165) is 35.0 Å². The Morgan fingerprint density at radius 2 is 2.32 bits per heavy atom. The van der Waals surface area contributed by atoms with Crippen LogP contribution in [0.1, 0.15) is 12.8 Å². The highest BCUT2D eigenvalue weighted by Gasteiger charge is 2.21. The quantitative estimate of drug-likeness (QED) is 0.410. The van der Waals surface area contributed by atoms with Gasteiger partial charge in [-0.3, -0.25) is 4.68 Å². The number of aromatic nitrogens is 5. The molecule has 3 N–H and O–H groups in total. The Morgan fingerprint density at radius 3 is 3.16 bits per heavy atom. The van der Waals surface area contributed by atoms with E-state index >= 15 is 0 Å². The molecule has 3 aromatic rings. The summed E-state index contributed by atoms with van der Waals surface area (Å²) in [7, 11) is 0. The number of rotatable bonds is 9. The number of nitrogens with one attached hydrogen (secondary N) is 3. The molecule has 3 aromatic heterocycles. The fourth-order valence-corrected chi connectivity index (χ4v) is 2.60. The largest absolute Gasteiger partial charge is 0.500 e. The lowest BCUT2D eigenvalue weighted by Crippen LogP contribution is -2.07. The lowest BCUT2D eigenvalue weighted by Gasteiger charge is -2.08. The van der Waals surface area contributed by atoms with Crippen molar-refractivity contribution in [3.63, 3.8) is 0 Å². The molecule has 8 nitrogen and oxygen atoms in total. The van der Waals surface area contributed by atoms with E-state index in [1.807, 2.05) is 18.5 Å². The van der Waals surface area contributed by atoms with Crippen molar-refractivity contribution in [1.29, 1.82) is 0 Å². The highest BCUT2D eigenvalue weighted by Crippen LogP contribution is 2.30. The highest BCUT2D eigenvalue weighted by molar-refractivity contribution is 5.88. The number of ether oxygens (including phenoxy) is 1. The van der Waals surface area contributed by atoms with Crippen LogP contribution in [0.4, 0.5) is 17.5 Å². The van der Waals surface area contributed by atoms with Crippen LogP contribution in [0.5, 0.6) is 0 Å². The van der Waals surface area contributed by atoms with Gasteiger partial charge < -0.3 is 20.4 Å². The molecule has 0 radical (unpaired) electrons. The van der Waals surface area contributed by atoms with Gasteiger partial charge in [-0.2, -0.15) is 15.1 Å². The Hall–Kier alpha value is -3.03. The molecule has 4 rings (SSSR count). The highest BCUT2D eigenvalue weighted by atomic mass is 16.5. The van der Waals surface area contributed by atoms with E-state index in [4.69, 9.17) is 4.74 Å². The summed E-state index contributed by atoms with van der Waals surface area (Å²) < 4.78 is 6.91. The molecule has 1 saturated carbocycles. The smallest absolute Gasteiger partial charge is 0.231 e. The maximum atomic E-state index is 5.12. The second-order valence-electron chi connectivity index (χ2n) is 6.11. The van der Waals surface area contributed by atoms with Gasteiger partial charge in [-0.1, -0.05) is 6.58 Å². The molecule has 0 amide bonds. The minimum atomic E-state index is 0.533. The second-order valence-corrected chi connectivity index (χ2v) is 6.11. The molecule has 1 aliphatic rings. The number of H-pyrrole nitrogens is 1. The number of hydrogen-bond acceptors (Lipinski definition) is 6. The van der Waals surface area contributed by atoms with Crippen molar-refractivity contribution in [1.82, 2.24) is 24.7 Å². The zero-order valence-electron chi connectivity index (χ0n) is 13.9. The Kier molecular flexibility index (Phi) is 4.24. The third-order valence-electron chi connectivity index (χ3n) is 4.12. The van der Waals surface area contributed by atoms with E-state index in [2.05, 4.69) is 37.3 Å². The molecule has 25 heavy (non-hydrogen) atoms. The van der Waals surface area contributed by atoms with E-state index in [-0.39, 0.29) is 0 Å². The maximum Gasteiger partial charge on any atom is 0.231 e. The van der Waals surface area contributed by atoms with Gasteiger partial charge in [0.25, 0.3) is 0 Å². The van der Waals surface area contributed by atoms with Crippen LogP contribution >= 0.6 is 0 Å². The Bertz CT molecular complexity index is 865. The summed E-state index contributed by atoms with van der Waals surface area (Å²) in [4.78, 5) is 12.3. The zero-order chi connectivity index (χ0) is 17.1. The van der Waals surface area contributed by atoms with Gasteiger partial charge in [0.1, 0.15) is 18.1 Å². The van der Waals surface area contributed by atoms with Gasteiger partial charge in [0.2, 0.25) is 5.95 Å². The fraction of sp³-hybridized carbons (Fsp3) is 0.353. The average Bonchev–Trinajstić information content (AvgIpc) is 3.13. The molecule has 1 aliphatic carbocycles. The monoisotopic (exact) mass is 339 g/mol. The topological polar surface area (TPSA) is 92.7 Å². The average molecular weight is 339 g/mol. The van der Waals surface area contributed by atoms with Crippen LogP contribution in [0.3, 0.4) is 0 Å². The van der Waals surface area contributed by atoms with Crippen LogP contribution in [0, 0.1) is 5.92 Å². The molecule has 0 aromatic carbocycles. The first kappa shape index (κ1) is 15.5. The van der Waals surface area contributed by atoms with Crippen LogP contribution < -0.4 is 10.6 Å². The van der Waals surface area contributed by atoms with Gasteiger partial charge in [-0.25, -0.2) is 0 Å². The molecule has 0 aliphatic heterocycles. The Morgan fingerprint density at radius 1 is 1.40 bits per heavy atom. The van der Waals surface area contributed by atoms with Crippen molar-refractivity contribution in [3.05, 3.63) is 37.5 Å². The standard InChI is InChI=1S/C17H21N7O/c1-2-25-8-7-24-11-13(10-20-24)21-17-22-15-14(5-6-18-15)16(23-17)19-9-12-3-4-12/h2,5-6,10-12H,1,3-4,7-9H2,(H3,18,19,21,22,23). The fourth-order valence-electron chi connectivity index (χ4n) is 2.60. The van der Waals surface area contributed by atoms with Gasteiger partial charge in [0.15, 0.2) is 0 Å². The predicted molar refractivity (Wildman–Crippen MR) is 96.8 cm³/mol. The Balaban J connectivity index is 1.49. The molecule has 0 saturated heterocycles. The molecule has 0 bridgehead atoms. The first-order valence-corrected chi connectivity index (χ1v) is 8.43. The van der Waals surface area contributed by atoms with Crippen LogP contribution in [0.2, 0.25) is 0 Å². The van der Waals surface area contributed by atoms with Crippen LogP contribution in [0.25, 0.3) is 11.0 Å². The summed E-state index contributed by atoms with van der Waals surface area (Å²) in [6.45, 7) is 5.66. The minimum Gasteiger partial charge on any atom is -0.500 e. The summed E-state index contributed by atoms with van der Waals surface area (Å²) in [6, 6.07) is 1.99. The summed E-state index contributed by atoms with van der Waals surface area (Å²) >= 11 is 0. The van der Waals surface area contributed by atoms with Crippen LogP contribution in [-0.2, 0) is 11.3 Å². The second kappa shape index (κ2) is 6.84. The molecular formula is C17H21N7O. The SMILES string of the molecule is C=COCCn1cc(Nc2nc(NCC3CC3)c3cc[nH]c3n2)cn1. The third kappa shape index (κ3) is 3.73. The third-order valence-corrected chi connectivity index (χ3v) is 4.12. The lowest BCUT2D eigenvalue weighted by atomic mass is 10.3. The summed E-state index contributed by atoms with van der Waals surface area (Å²) in [5, 5.41) is 11.9. The zero-order valence-corrected chi connectivity index (χ0v) is 13.9. The van der Waals surface area contributed by atoms with Crippen molar-refractivity contribution >= 4 is 28.5 Å². The number of nitrogens with zero attached hydrogens (tertiary/aromatic N) is 4. The van der Waals surface area contributed by atoms with E-state index in [0.29, 0.717) is 19.1 Å². The predicted octanol–water partition coefficient (Wildman–Crippen LogP) is 2.88. The van der Waals surface area contributed by atoms with E-state index < -0.39 is 0 Å². The maximum absolute atomic E-state index is 5.12. The number of anilines is 3. The molecule has 130 valence electrons. The number of hydrogen-bond donors (Lipinski definition) is 3. The van der Waals surface area contributed by atoms with Crippen molar-refractivity contribution in [2.45, 2.75) is 19.4 Å². The molecular weight excluding hydrogens is 318 g/mol. The molecule has 0 spiro atoms. The van der Waals surface area contributed by atoms with Crippen molar-refractivity contribution in [2.24, 2.45) is 5.92 Å². The first-order valence-electron chi connectivity index (χ1n) is 8.43. The molecule has 8 heteroatoms. The summed E-state index contributed by atoms with van der Waals surface area (Å²) in [5.74, 6) is 2.17. The van der Waals surface area contributed by atoms with Gasteiger partial charge in [-0.15, -0.1) is 0 Å². The Labute approximate surface area is 145 Å². The van der Waals surface area contributed by atoms with E-state index in [1.54, 1.807) is 10.9 Å². The molecule has 3 heterocycles. The summed E-state index contributed by atoms with van der Waals surface area (Å²) in [5.41, 5.74) is 1.64. The van der Waals surface area contributed by atoms with E-state index in [9.17, 15) is 0 Å². The van der Waals surface area contributed by atoms with Crippen LogP contribution in [0.15, 0.2) is 37.5 Å². The van der Waals surface area contributed by atoms with Gasteiger partial charge in [0, 0.05) is 18.9 Å². The van der Waals surface area contributed by atoms with Gasteiger partial charge in [0.05, 0.1) is 30.1 Å². The minimum absolute atomic E-state index is 0.533. The van der Waals surface area contributed by atoms with E-state index in [1.165, 1.54) is 19.1 Å². The van der Waals surface area contributed by atoms with Crippen molar-refractivity contribution < 1.29 is 4.74 Å². The summed E-state index contributed by atoms with van der Waals surface area (Å²) in [6.07, 6.45) is 9.54. The molecule has 0 unspecified atom stereocenters. The van der Waals surface area contributed by atoms with Crippen LogP contribution in [-0.4, -0.2) is 37.9 Å². The van der Waals surface area contributed by atoms with Crippen molar-refractivity contribution in [3.8, 4) is 0 Å². The number of fused-ring (bicyclic) bond motifs is 1. The molecule has 0 atom stereocenters. The van der Waals surface area contributed by atoms with Gasteiger partial charge >= 0.3 is 0 Å². The van der Waals surface area contributed by atoms with Gasteiger partial charge in [-0.05, 0) is 24.8 Å².